The molecule has 0 aromatic rings. The second kappa shape index (κ2) is 4.35. The Hall–Kier alpha value is 0.160. The van der Waals surface area contributed by atoms with E-state index in [1.165, 1.54) is 22.7 Å². The van der Waals surface area contributed by atoms with Crippen molar-refractivity contribution in [3.63, 3.8) is 0 Å². The highest BCUT2D eigenvalue weighted by Gasteiger charge is 2.31. The van der Waals surface area contributed by atoms with Crippen LogP contribution in [0.4, 0.5) is 0 Å². The van der Waals surface area contributed by atoms with Crippen LogP contribution in [0.2, 0.25) is 0 Å². The summed E-state index contributed by atoms with van der Waals surface area (Å²) in [4.78, 5) is 0. The Balaban J connectivity index is 2.46. The maximum atomic E-state index is 11.6. The lowest BCUT2D eigenvalue weighted by Gasteiger charge is -2.34. The van der Waals surface area contributed by atoms with Gasteiger partial charge in [-0.05, 0) is 18.8 Å². The maximum Gasteiger partial charge on any atom is 0.281 e. The van der Waals surface area contributed by atoms with Gasteiger partial charge in [-0.3, -0.25) is 0 Å². The zero-order valence-electron chi connectivity index (χ0n) is 8.77. The van der Waals surface area contributed by atoms with Gasteiger partial charge < -0.3 is 0 Å². The molecule has 1 fully saturated rings. The van der Waals surface area contributed by atoms with Crippen molar-refractivity contribution in [2.75, 3.05) is 27.7 Å². The van der Waals surface area contributed by atoms with E-state index in [1.807, 2.05) is 0 Å². The van der Waals surface area contributed by atoms with E-state index in [-0.39, 0.29) is 5.38 Å². The summed E-state index contributed by atoms with van der Waals surface area (Å²) < 4.78 is 25.8. The molecule has 0 radical (unpaired) electrons. The summed E-state index contributed by atoms with van der Waals surface area (Å²) in [5.74, 6) is 0.428. The van der Waals surface area contributed by atoms with Crippen molar-refractivity contribution in [3.8, 4) is 0 Å². The van der Waals surface area contributed by atoms with Crippen molar-refractivity contribution < 1.29 is 8.42 Å². The molecule has 0 aromatic heterocycles. The lowest BCUT2D eigenvalue weighted by Crippen LogP contribution is -2.42. The van der Waals surface area contributed by atoms with E-state index >= 15 is 0 Å². The van der Waals surface area contributed by atoms with Crippen LogP contribution in [0.3, 0.4) is 0 Å². The Bertz CT molecular complexity index is 286. The minimum atomic E-state index is -3.24. The number of alkyl halides is 1. The summed E-state index contributed by atoms with van der Waals surface area (Å²) in [7, 11) is 1.44. The Kier molecular flexibility index (Phi) is 3.80. The highest BCUT2D eigenvalue weighted by Crippen LogP contribution is 2.32. The van der Waals surface area contributed by atoms with E-state index in [0.29, 0.717) is 12.5 Å². The average Bonchev–Trinajstić information content (AvgIpc) is 2.01. The van der Waals surface area contributed by atoms with E-state index in [0.717, 1.165) is 12.8 Å². The van der Waals surface area contributed by atoms with Crippen molar-refractivity contribution in [2.45, 2.75) is 18.2 Å². The van der Waals surface area contributed by atoms with Crippen LogP contribution in [0.5, 0.6) is 0 Å². The number of hydrogen-bond acceptors (Lipinski definition) is 2. The topological polar surface area (TPSA) is 40.6 Å². The molecule has 4 nitrogen and oxygen atoms in total. The molecular formula is C8H17ClN2O2S. The first-order chi connectivity index (χ1) is 6.34. The first-order valence-corrected chi connectivity index (χ1v) is 6.45. The summed E-state index contributed by atoms with van der Waals surface area (Å²) >= 11 is 5.83. The monoisotopic (exact) mass is 240 g/mol. The molecule has 1 aliphatic carbocycles. The normalized spacial score (nSPS) is 28.1. The fraction of sp³-hybridized carbons (Fsp3) is 1.00. The van der Waals surface area contributed by atoms with Crippen LogP contribution in [-0.4, -0.2) is 50.1 Å². The van der Waals surface area contributed by atoms with Crippen molar-refractivity contribution in [3.05, 3.63) is 0 Å². The molecule has 0 atom stereocenters. The smallest absolute Gasteiger partial charge is 0.195 e. The molecule has 0 aliphatic heterocycles. The van der Waals surface area contributed by atoms with Crippen LogP contribution in [0.25, 0.3) is 0 Å². The quantitative estimate of drug-likeness (QED) is 0.681. The number of nitrogens with zero attached hydrogens (tertiary/aromatic N) is 2. The summed E-state index contributed by atoms with van der Waals surface area (Å²) in [6, 6.07) is 0. The molecule has 1 rings (SSSR count). The average molecular weight is 241 g/mol. The highest BCUT2D eigenvalue weighted by atomic mass is 35.5. The van der Waals surface area contributed by atoms with Crippen LogP contribution >= 0.6 is 11.6 Å². The van der Waals surface area contributed by atoms with Gasteiger partial charge in [-0.15, -0.1) is 11.6 Å². The van der Waals surface area contributed by atoms with Crippen LogP contribution in [-0.2, 0) is 10.2 Å². The standard InChI is InChI=1S/C8H17ClN2O2S/c1-10(2)14(12,13)11(3)6-7-4-8(9)5-7/h7-8H,4-6H2,1-3H3. The van der Waals surface area contributed by atoms with E-state index in [9.17, 15) is 8.42 Å². The third-order valence-electron chi connectivity index (χ3n) is 2.55. The van der Waals surface area contributed by atoms with Gasteiger partial charge in [0.2, 0.25) is 0 Å². The predicted molar refractivity (Wildman–Crippen MR) is 57.6 cm³/mol. The van der Waals surface area contributed by atoms with E-state index in [2.05, 4.69) is 0 Å². The van der Waals surface area contributed by atoms with Gasteiger partial charge >= 0.3 is 0 Å². The summed E-state index contributed by atoms with van der Waals surface area (Å²) in [5, 5.41) is 0.246. The molecule has 0 aromatic carbocycles. The molecule has 0 heterocycles. The second-order valence-corrected chi connectivity index (χ2v) is 6.87. The fourth-order valence-electron chi connectivity index (χ4n) is 1.54. The van der Waals surface area contributed by atoms with Crippen molar-refractivity contribution in [2.24, 2.45) is 5.92 Å². The minimum Gasteiger partial charge on any atom is -0.195 e. The number of halogens is 1. The predicted octanol–water partition coefficient (Wildman–Crippen LogP) is 0.742. The van der Waals surface area contributed by atoms with Crippen LogP contribution in [0, 0.1) is 5.92 Å². The lowest BCUT2D eigenvalue weighted by atomic mass is 9.85. The minimum absolute atomic E-state index is 0.246. The molecule has 84 valence electrons. The molecule has 0 amide bonds. The van der Waals surface area contributed by atoms with Gasteiger partial charge in [-0.2, -0.15) is 17.0 Å². The van der Waals surface area contributed by atoms with Crippen LogP contribution in [0.1, 0.15) is 12.8 Å². The SMILES string of the molecule is CN(C)S(=O)(=O)N(C)CC1CC(Cl)C1. The van der Waals surface area contributed by atoms with Crippen molar-refractivity contribution in [1.82, 2.24) is 8.61 Å². The van der Waals surface area contributed by atoms with Crippen molar-refractivity contribution in [1.29, 1.82) is 0 Å². The van der Waals surface area contributed by atoms with Crippen molar-refractivity contribution >= 4 is 21.8 Å². The van der Waals surface area contributed by atoms with E-state index in [1.54, 1.807) is 7.05 Å². The second-order valence-electron chi connectivity index (χ2n) is 4.01. The maximum absolute atomic E-state index is 11.6. The molecule has 14 heavy (non-hydrogen) atoms. The lowest BCUT2D eigenvalue weighted by molar-refractivity contribution is 0.262. The summed E-state index contributed by atoms with van der Waals surface area (Å²) in [6.45, 7) is 0.573. The zero-order valence-corrected chi connectivity index (χ0v) is 10.3. The van der Waals surface area contributed by atoms with E-state index < -0.39 is 10.2 Å². The van der Waals surface area contributed by atoms with Gasteiger partial charge in [-0.1, -0.05) is 0 Å². The first kappa shape index (κ1) is 12.2. The zero-order chi connectivity index (χ0) is 10.9. The Morgan fingerprint density at radius 1 is 1.29 bits per heavy atom. The fourth-order valence-corrected chi connectivity index (χ4v) is 3.00. The Morgan fingerprint density at radius 3 is 2.14 bits per heavy atom. The molecule has 0 bridgehead atoms. The molecular weight excluding hydrogens is 224 g/mol. The summed E-state index contributed by atoms with van der Waals surface area (Å²) in [6.07, 6.45) is 1.85. The molecule has 1 saturated carbocycles. The van der Waals surface area contributed by atoms with Gasteiger partial charge in [0.25, 0.3) is 10.2 Å². The van der Waals surface area contributed by atoms with Gasteiger partial charge in [0, 0.05) is 33.1 Å². The Morgan fingerprint density at radius 2 is 1.79 bits per heavy atom. The third-order valence-corrected chi connectivity index (χ3v) is 4.76. The third kappa shape index (κ3) is 2.59. The summed E-state index contributed by atoms with van der Waals surface area (Å²) in [5.41, 5.74) is 0. The van der Waals surface area contributed by atoms with Crippen LogP contribution < -0.4 is 0 Å². The molecule has 0 unspecified atom stereocenters. The number of rotatable bonds is 4. The molecule has 6 heteroatoms. The molecule has 0 saturated heterocycles. The molecule has 1 aliphatic rings. The Labute approximate surface area is 91.0 Å². The molecule has 0 N–H and O–H groups in total. The highest BCUT2D eigenvalue weighted by molar-refractivity contribution is 7.86. The van der Waals surface area contributed by atoms with Gasteiger partial charge in [0.05, 0.1) is 0 Å². The van der Waals surface area contributed by atoms with Crippen LogP contribution in [0.15, 0.2) is 0 Å². The van der Waals surface area contributed by atoms with Gasteiger partial charge in [-0.25, -0.2) is 0 Å². The largest absolute Gasteiger partial charge is 0.281 e. The van der Waals surface area contributed by atoms with E-state index in [4.69, 9.17) is 11.6 Å². The molecule has 0 spiro atoms. The van der Waals surface area contributed by atoms with Gasteiger partial charge in [0.1, 0.15) is 0 Å². The number of hydrogen-bond donors (Lipinski definition) is 0. The van der Waals surface area contributed by atoms with Gasteiger partial charge in [0.15, 0.2) is 0 Å². The first-order valence-electron chi connectivity index (χ1n) is 4.62.